The lowest BCUT2D eigenvalue weighted by atomic mass is 11.0. The second-order valence-electron chi connectivity index (χ2n) is 0. The van der Waals surface area contributed by atoms with Crippen molar-refractivity contribution in [1.29, 1.82) is 0 Å². The molecule has 0 nitrogen and oxygen atoms in total. The molecular weight excluding hydrogens is 432 g/mol. The summed E-state index contributed by atoms with van der Waals surface area (Å²) in [5, 5.41) is 0. The third-order valence-electron chi connectivity index (χ3n) is 0. The predicted molar refractivity (Wildman–Crippen MR) is 247 cm³/mol. The van der Waals surface area contributed by atoms with E-state index in [9.17, 15) is 0 Å². The molecule has 0 fully saturated rings. The number of hydrogen-bond acceptors (Lipinski definition) is 0. The zero-order valence-corrected chi connectivity index (χ0v) is 10.2. The van der Waals surface area contributed by atoms with Gasteiger partial charge in [0.15, 0.2) is 0 Å². The molecule has 0 radical (unpaired) electrons. The molecular formula is C36H136. The zero-order chi connectivity index (χ0) is 14.0. The van der Waals surface area contributed by atoms with Gasteiger partial charge in [0, 0.05) is 14.3 Å². The first kappa shape index (κ1) is 1370. The highest BCUT2D eigenvalue weighted by Gasteiger charge is 0.932. The van der Waals surface area contributed by atoms with Crippen LogP contribution in [-0.2, 0) is 0 Å². The van der Waals surface area contributed by atoms with E-state index < -0.39 is 0 Å². The molecule has 0 saturated heterocycles. The first-order valence-corrected chi connectivity index (χ1v) is 3.83. The molecule has 0 heteroatoms. The molecule has 0 aromatic carbocycles. The van der Waals surface area contributed by atoms with Crippen molar-refractivity contribution in [3.8, 4) is 12.8 Å². The third kappa shape index (κ3) is 10400. The second-order valence-corrected chi connectivity index (χ2v) is 0. The molecule has 0 spiro atoms. The Hall–Kier alpha value is -1.74. The molecule has 0 aliphatic carbocycles. The minimum absolute atomic E-state index is 0. The van der Waals surface area contributed by atoms with Crippen molar-refractivity contribution in [1.82, 2.24) is 0 Å². The van der Waals surface area contributed by atoms with Crippen LogP contribution in [-0.4, -0.2) is 0 Å². The van der Waals surface area contributed by atoms with Gasteiger partial charge in [-0.3, -0.25) is 0 Å². The normalized spacial score (nSPS) is 0.778. The minimum atomic E-state index is 0. The molecule has 0 bridgehead atoms. The highest BCUT2D eigenvalue weighted by Crippen LogP contribution is 1.14. The van der Waals surface area contributed by atoms with Gasteiger partial charge in [0.05, 0.1) is 0 Å². The molecule has 0 rings (SSSR count). The van der Waals surface area contributed by atoms with Crippen molar-refractivity contribution < 1.29 is 14.3 Å². The smallest absolute Gasteiger partial charge is 0 e. The van der Waals surface area contributed by atoms with E-state index in [1.165, 1.54) is 0 Å². The van der Waals surface area contributed by atoms with Gasteiger partial charge < -0.3 is 0 Å². The summed E-state index contributed by atoms with van der Waals surface area (Å²) in [5.74, 6) is 0. The Kier molecular flexibility index (Phi) is 435000. The summed E-state index contributed by atoms with van der Waals surface area (Å²) < 4.78 is 0. The molecule has 0 aliphatic heterocycles. The van der Waals surface area contributed by atoms with E-state index in [-0.39, 0.29) is 178 Å². The number of rotatable bonds is 0. The Bertz CT molecular complexity index is 66.4. The molecule has 0 aromatic rings. The van der Waals surface area contributed by atoms with Crippen LogP contribution in [0, 0.1) is 12.8 Å². The first-order valence-electron chi connectivity index (χ1n) is 3.83. The molecule has 0 saturated carbocycles. The molecule has 0 aromatic heterocycles. The lowest BCUT2D eigenvalue weighted by Crippen LogP contribution is -0.856. The Morgan fingerprint density at radius 1 is 0.222 bits per heavy atom. The van der Waals surface area contributed by atoms with Gasteiger partial charge in [0.2, 0.25) is 0 Å². The van der Waals surface area contributed by atoms with E-state index in [4.69, 9.17) is 0 Å². The van der Waals surface area contributed by atoms with Crippen LogP contribution in [0.4, 0.5) is 0 Å². The first-order chi connectivity index (χ1) is 7.00. The summed E-state index contributed by atoms with van der Waals surface area (Å²) in [4.78, 5) is 0. The maximum atomic E-state index is 4.00. The van der Waals surface area contributed by atoms with Gasteiger partial charge in [-0.05, 0) is 0 Å². The number of hydrogen-bond donors (Lipinski definition) is 0. The zero-order valence-electron chi connectivity index (χ0n) is 10.2. The van der Waals surface area contributed by atoms with Crippen LogP contribution in [0.25, 0.3) is 0 Å². The monoisotopic (exact) mass is 569 g/mol. The standard InChI is InChI=1S/C2H6.5C2H4.C2H2.22CH4.10H2/c7*1-2;;;;;;;;;;;;;;;;;;;;;;;;;;;;;;;;/h1-2H3;5*1-2H2;1-2H;22*1H4;10*1H. The van der Waals surface area contributed by atoms with Gasteiger partial charge in [-0.1, -0.05) is 177 Å². The van der Waals surface area contributed by atoms with Crippen molar-refractivity contribution in [3.05, 3.63) is 65.8 Å². The molecule has 0 aliphatic rings. The predicted octanol–water partition coefficient (Wildman–Crippen LogP) is 21.7. The quantitative estimate of drug-likeness (QED) is 0.201. The van der Waals surface area contributed by atoms with Crippen LogP contribution in [0.15, 0.2) is 65.8 Å². The summed E-state index contributed by atoms with van der Waals surface area (Å²) in [6.07, 6.45) is 8.00. The summed E-state index contributed by atoms with van der Waals surface area (Å²) >= 11 is 0. The van der Waals surface area contributed by atoms with Crippen molar-refractivity contribution in [2.45, 2.75) is 177 Å². The second kappa shape index (κ2) is 11400. The van der Waals surface area contributed by atoms with Crippen LogP contribution in [0.2, 0.25) is 0 Å². The van der Waals surface area contributed by atoms with Gasteiger partial charge in [-0.2, -0.15) is 0 Å². The molecule has 0 heterocycles. The van der Waals surface area contributed by atoms with E-state index in [2.05, 4.69) is 78.6 Å². The molecule has 280 valence electrons. The molecule has 36 heavy (non-hydrogen) atoms. The molecule has 0 amide bonds. The van der Waals surface area contributed by atoms with Gasteiger partial charge in [0.25, 0.3) is 0 Å². The summed E-state index contributed by atoms with van der Waals surface area (Å²) in [5.41, 5.74) is 0. The SMILES string of the molecule is C.C.C.C.C.C.C.C.C.C.C.C.C.C.C.C.C.C.C.C.C.C.C#C.C=C.C=C.C=C.C=C.C=C.CC.[HH].[HH].[HH].[HH].[HH].[HH].[HH].[HH].[HH].[HH]. The Morgan fingerprint density at radius 3 is 0.222 bits per heavy atom. The lowest BCUT2D eigenvalue weighted by molar-refractivity contribution is 1.50. The van der Waals surface area contributed by atoms with E-state index in [0.29, 0.717) is 0 Å². The van der Waals surface area contributed by atoms with Crippen LogP contribution in [0.1, 0.15) is 192 Å². The van der Waals surface area contributed by atoms with Crippen molar-refractivity contribution >= 4 is 0 Å². The average molecular weight is 569 g/mol. The van der Waals surface area contributed by atoms with E-state index in [0.717, 1.165) is 0 Å². The summed E-state index contributed by atoms with van der Waals surface area (Å²) in [7, 11) is 0. The maximum Gasteiger partial charge on any atom is 0 e. The lowest BCUT2D eigenvalue weighted by Gasteiger charge is -1.07. The van der Waals surface area contributed by atoms with Crippen LogP contribution < -0.4 is 0 Å². The van der Waals surface area contributed by atoms with Gasteiger partial charge >= 0.3 is 0 Å². The third-order valence-corrected chi connectivity index (χ3v) is 0. The molecule has 0 atom stereocenters. The van der Waals surface area contributed by atoms with E-state index in [1.807, 2.05) is 13.8 Å². The Labute approximate surface area is 270 Å². The van der Waals surface area contributed by atoms with Crippen LogP contribution in [0.3, 0.4) is 0 Å². The molecule has 0 unspecified atom stereocenters. The molecule has 0 N–H and O–H groups in total. The van der Waals surface area contributed by atoms with Gasteiger partial charge in [0.1, 0.15) is 0 Å². The largest absolute Gasteiger partial charge is 0.124 e. The summed E-state index contributed by atoms with van der Waals surface area (Å²) in [6, 6.07) is 0. The number of terminal acetylenes is 1. The van der Waals surface area contributed by atoms with Crippen molar-refractivity contribution in [2.24, 2.45) is 0 Å². The fourth-order valence-electron chi connectivity index (χ4n) is 0. The van der Waals surface area contributed by atoms with Crippen LogP contribution in [0.5, 0.6) is 0 Å². The Morgan fingerprint density at radius 2 is 0.222 bits per heavy atom. The minimum Gasteiger partial charge on any atom is -0.124 e. The van der Waals surface area contributed by atoms with Crippen molar-refractivity contribution in [2.75, 3.05) is 0 Å². The fraction of sp³-hybridized carbons (Fsp3) is 0.667. The fourth-order valence-corrected chi connectivity index (χ4v) is 0. The summed E-state index contributed by atoms with van der Waals surface area (Å²) in [6.45, 7) is 34.0. The topological polar surface area (TPSA) is 0 Å². The highest BCUT2D eigenvalue weighted by atomic mass is 13.0. The van der Waals surface area contributed by atoms with Gasteiger partial charge in [-0.25, -0.2) is 0 Å². The van der Waals surface area contributed by atoms with Crippen LogP contribution >= 0.6 is 0 Å². The Balaban J connectivity index is -0.000000000301. The maximum absolute atomic E-state index is 4.00. The van der Waals surface area contributed by atoms with Gasteiger partial charge in [-0.15, -0.1) is 78.6 Å². The van der Waals surface area contributed by atoms with E-state index >= 15 is 0 Å². The highest BCUT2D eigenvalue weighted by molar-refractivity contribution is 4.47. The van der Waals surface area contributed by atoms with Crippen molar-refractivity contribution in [3.63, 3.8) is 0 Å². The van der Waals surface area contributed by atoms with E-state index in [1.54, 1.807) is 0 Å². The average Bonchev–Trinajstić information content (AvgIpc) is 2.45.